The Morgan fingerprint density at radius 2 is 2.22 bits per heavy atom. The quantitative estimate of drug-likeness (QED) is 0.853. The average Bonchev–Trinajstić information content (AvgIpc) is 2.75. The molecule has 0 fully saturated rings. The Kier molecular flexibility index (Phi) is 4.38. The number of thiazole rings is 1. The molecule has 0 saturated heterocycles. The van der Waals surface area contributed by atoms with Crippen molar-refractivity contribution in [3.8, 4) is 0 Å². The molecule has 1 heterocycles. The molecule has 1 N–H and O–H groups in total. The van der Waals surface area contributed by atoms with Crippen LogP contribution in [0.5, 0.6) is 0 Å². The molecule has 0 bridgehead atoms. The molecule has 1 aromatic carbocycles. The van der Waals surface area contributed by atoms with Gasteiger partial charge in [-0.05, 0) is 18.6 Å². The predicted octanol–water partition coefficient (Wildman–Crippen LogP) is 3.37. The molecule has 0 aliphatic rings. The summed E-state index contributed by atoms with van der Waals surface area (Å²) in [5.41, 5.74) is 1.90. The molecule has 0 amide bonds. The number of carboxylic acids is 1. The largest absolute Gasteiger partial charge is 0.481 e. The van der Waals surface area contributed by atoms with Crippen molar-refractivity contribution in [1.82, 2.24) is 4.98 Å². The van der Waals surface area contributed by atoms with Crippen LogP contribution in [-0.2, 0) is 17.0 Å². The monoisotopic (exact) mass is 279 g/mol. The lowest BCUT2D eigenvalue weighted by molar-refractivity contribution is -0.136. The number of rotatable bonds is 5. The van der Waals surface area contributed by atoms with Crippen LogP contribution in [0.4, 0.5) is 0 Å². The molecule has 5 heteroatoms. The lowest BCUT2D eigenvalue weighted by atomic mass is 10.2. The second-order valence-electron chi connectivity index (χ2n) is 3.86. The number of benzene rings is 1. The van der Waals surface area contributed by atoms with E-state index in [-0.39, 0.29) is 6.42 Å². The van der Waals surface area contributed by atoms with E-state index in [1.807, 2.05) is 17.5 Å². The minimum atomic E-state index is -0.835. The van der Waals surface area contributed by atoms with Crippen LogP contribution in [0.15, 0.2) is 34.5 Å². The fourth-order valence-electron chi connectivity index (χ4n) is 1.51. The number of aromatic nitrogens is 1. The summed E-state index contributed by atoms with van der Waals surface area (Å²) in [5.74, 6) is -0.0480. The summed E-state index contributed by atoms with van der Waals surface area (Å²) in [4.78, 5) is 16.1. The molecule has 2 rings (SSSR count). The van der Waals surface area contributed by atoms with Gasteiger partial charge >= 0.3 is 5.97 Å². The molecule has 3 nitrogen and oxygen atoms in total. The summed E-state index contributed by atoms with van der Waals surface area (Å²) in [6.07, 6.45) is 0.00549. The summed E-state index contributed by atoms with van der Waals surface area (Å²) in [6.45, 7) is 2.08. The van der Waals surface area contributed by atoms with Gasteiger partial charge in [0, 0.05) is 10.3 Å². The lowest BCUT2D eigenvalue weighted by Gasteiger charge is -2.02. The number of nitrogens with zero attached hydrogens (tertiary/aromatic N) is 1. The van der Waals surface area contributed by atoms with E-state index >= 15 is 0 Å². The normalized spacial score (nSPS) is 10.5. The molecule has 0 aliphatic carbocycles. The Morgan fingerprint density at radius 1 is 1.44 bits per heavy atom. The van der Waals surface area contributed by atoms with E-state index in [1.165, 1.54) is 21.8 Å². The van der Waals surface area contributed by atoms with Crippen LogP contribution >= 0.6 is 23.1 Å². The first-order valence-electron chi connectivity index (χ1n) is 5.48. The molecule has 1 aromatic heterocycles. The molecule has 0 unspecified atom stereocenters. The third kappa shape index (κ3) is 3.58. The van der Waals surface area contributed by atoms with E-state index in [4.69, 9.17) is 5.11 Å². The zero-order chi connectivity index (χ0) is 13.0. The number of aliphatic carboxylic acids is 1. The minimum absolute atomic E-state index is 0.00549. The second-order valence-corrected chi connectivity index (χ2v) is 5.82. The van der Waals surface area contributed by atoms with Gasteiger partial charge in [0.05, 0.1) is 17.9 Å². The third-order valence-electron chi connectivity index (χ3n) is 2.38. The van der Waals surface area contributed by atoms with Crippen molar-refractivity contribution < 1.29 is 9.90 Å². The smallest absolute Gasteiger partial charge is 0.309 e. The van der Waals surface area contributed by atoms with Crippen LogP contribution in [0.2, 0.25) is 0 Å². The van der Waals surface area contributed by atoms with Crippen LogP contribution in [0.25, 0.3) is 0 Å². The Balaban J connectivity index is 1.96. The van der Waals surface area contributed by atoms with Crippen molar-refractivity contribution in [1.29, 1.82) is 0 Å². The molecule has 94 valence electrons. The van der Waals surface area contributed by atoms with E-state index in [0.717, 1.165) is 10.8 Å². The summed E-state index contributed by atoms with van der Waals surface area (Å²) >= 11 is 3.25. The van der Waals surface area contributed by atoms with Crippen molar-refractivity contribution in [2.24, 2.45) is 0 Å². The maximum absolute atomic E-state index is 10.6. The van der Waals surface area contributed by atoms with E-state index in [9.17, 15) is 4.79 Å². The molecular formula is C13H13NO2S2. The van der Waals surface area contributed by atoms with Gasteiger partial charge in [0.15, 0.2) is 0 Å². The number of carboxylic acid groups (broad SMARTS) is 1. The van der Waals surface area contributed by atoms with Gasteiger partial charge in [-0.3, -0.25) is 4.79 Å². The van der Waals surface area contributed by atoms with Crippen LogP contribution in [0.1, 0.15) is 16.3 Å². The summed E-state index contributed by atoms with van der Waals surface area (Å²) < 4.78 is 0. The molecule has 0 spiro atoms. The highest BCUT2D eigenvalue weighted by Crippen LogP contribution is 2.26. The van der Waals surface area contributed by atoms with E-state index < -0.39 is 5.97 Å². The summed E-state index contributed by atoms with van der Waals surface area (Å²) in [6, 6.07) is 8.21. The molecule has 0 atom stereocenters. The highest BCUT2D eigenvalue weighted by molar-refractivity contribution is 7.98. The van der Waals surface area contributed by atoms with E-state index in [1.54, 1.807) is 11.8 Å². The molecule has 0 radical (unpaired) electrons. The van der Waals surface area contributed by atoms with Gasteiger partial charge in [-0.25, -0.2) is 4.98 Å². The predicted molar refractivity (Wildman–Crippen MR) is 74.2 cm³/mol. The van der Waals surface area contributed by atoms with Crippen LogP contribution in [-0.4, -0.2) is 16.1 Å². The first-order valence-corrected chi connectivity index (χ1v) is 7.35. The van der Waals surface area contributed by atoms with Crippen molar-refractivity contribution in [3.63, 3.8) is 0 Å². The van der Waals surface area contributed by atoms with Crippen molar-refractivity contribution in [3.05, 3.63) is 45.9 Å². The topological polar surface area (TPSA) is 50.2 Å². The Hall–Kier alpha value is -1.33. The number of thioether (sulfide) groups is 1. The fourth-order valence-corrected chi connectivity index (χ4v) is 3.35. The number of hydrogen-bond donors (Lipinski definition) is 1. The van der Waals surface area contributed by atoms with Gasteiger partial charge in [-0.2, -0.15) is 0 Å². The summed E-state index contributed by atoms with van der Waals surface area (Å²) in [7, 11) is 0. The highest BCUT2D eigenvalue weighted by atomic mass is 32.2. The molecule has 2 aromatic rings. The van der Waals surface area contributed by atoms with Crippen molar-refractivity contribution >= 4 is 29.1 Å². The van der Waals surface area contributed by atoms with Gasteiger partial charge in [0.1, 0.15) is 5.01 Å². The van der Waals surface area contributed by atoms with Gasteiger partial charge in [-0.1, -0.05) is 18.2 Å². The average molecular weight is 279 g/mol. The Morgan fingerprint density at radius 3 is 2.94 bits per heavy atom. The molecular weight excluding hydrogens is 266 g/mol. The first-order chi connectivity index (χ1) is 8.65. The van der Waals surface area contributed by atoms with Crippen LogP contribution in [0.3, 0.4) is 0 Å². The number of aryl methyl sites for hydroxylation is 1. The number of carbonyl (C=O) groups is 1. The first kappa shape index (κ1) is 13.1. The SMILES string of the molecule is Cc1ccccc1SCc1nc(CC(=O)O)cs1. The molecule has 18 heavy (non-hydrogen) atoms. The maximum Gasteiger partial charge on any atom is 0.309 e. The lowest BCUT2D eigenvalue weighted by Crippen LogP contribution is -2.00. The maximum atomic E-state index is 10.6. The Labute approximate surface area is 114 Å². The standard InChI is InChI=1S/C13H13NO2S2/c1-9-4-2-3-5-11(9)17-8-12-14-10(7-18-12)6-13(15)16/h2-5,7H,6,8H2,1H3,(H,15,16). The van der Waals surface area contributed by atoms with Crippen LogP contribution in [0, 0.1) is 6.92 Å². The molecule has 0 saturated carbocycles. The number of hydrogen-bond acceptors (Lipinski definition) is 4. The van der Waals surface area contributed by atoms with Gasteiger partial charge in [0.2, 0.25) is 0 Å². The third-order valence-corrected chi connectivity index (χ3v) is 4.64. The van der Waals surface area contributed by atoms with E-state index in [0.29, 0.717) is 5.69 Å². The van der Waals surface area contributed by atoms with Gasteiger partial charge in [0.25, 0.3) is 0 Å². The fraction of sp³-hybridized carbons (Fsp3) is 0.231. The minimum Gasteiger partial charge on any atom is -0.481 e. The van der Waals surface area contributed by atoms with Crippen molar-refractivity contribution in [2.75, 3.05) is 0 Å². The summed E-state index contributed by atoms with van der Waals surface area (Å²) in [5, 5.41) is 11.5. The zero-order valence-electron chi connectivity index (χ0n) is 9.92. The zero-order valence-corrected chi connectivity index (χ0v) is 11.6. The second kappa shape index (κ2) is 6.02. The van der Waals surface area contributed by atoms with Gasteiger partial charge in [-0.15, -0.1) is 23.1 Å². The molecule has 0 aliphatic heterocycles. The van der Waals surface area contributed by atoms with Crippen molar-refractivity contribution in [2.45, 2.75) is 24.0 Å². The highest BCUT2D eigenvalue weighted by Gasteiger charge is 2.07. The van der Waals surface area contributed by atoms with E-state index in [2.05, 4.69) is 24.0 Å². The Bertz CT molecular complexity index is 551. The van der Waals surface area contributed by atoms with Gasteiger partial charge < -0.3 is 5.11 Å². The van der Waals surface area contributed by atoms with Crippen LogP contribution < -0.4 is 0 Å².